The van der Waals surface area contributed by atoms with Gasteiger partial charge in [0.1, 0.15) is 11.8 Å². The summed E-state index contributed by atoms with van der Waals surface area (Å²) in [5, 5.41) is 20.8. The molecule has 1 heterocycles. The van der Waals surface area contributed by atoms with Crippen molar-refractivity contribution < 1.29 is 14.6 Å². The van der Waals surface area contributed by atoms with Gasteiger partial charge in [-0.2, -0.15) is 5.26 Å². The van der Waals surface area contributed by atoms with Gasteiger partial charge in [0.05, 0.1) is 11.7 Å². The van der Waals surface area contributed by atoms with Gasteiger partial charge in [-0.15, -0.1) is 0 Å². The van der Waals surface area contributed by atoms with E-state index in [0.29, 0.717) is 11.3 Å². The van der Waals surface area contributed by atoms with E-state index in [1.165, 1.54) is 0 Å². The summed E-state index contributed by atoms with van der Waals surface area (Å²) in [5.74, 6) is 0.674. The predicted octanol–water partition coefficient (Wildman–Crippen LogP) is 2.27. The van der Waals surface area contributed by atoms with E-state index < -0.39 is 6.09 Å². The molecule has 1 aliphatic heterocycles. The smallest absolute Gasteiger partial charge is 0.404 e. The van der Waals surface area contributed by atoms with Crippen LogP contribution in [-0.2, 0) is 0 Å². The highest BCUT2D eigenvalue weighted by molar-refractivity contribution is 5.65. The molecule has 1 spiro atoms. The van der Waals surface area contributed by atoms with Crippen molar-refractivity contribution in [2.45, 2.75) is 37.8 Å². The standard InChI is InChI=1S/C20H26N4O3/c1-23-4-6-24(7-5-23)16-3-2-14(13-21)18(8-16)27-17-11-20(12-17)9-15(10-20)22-19(25)26/h2-3,8,15,17,22H,4-7,9-12H2,1H3,(H,25,26). The van der Waals surface area contributed by atoms with Crippen molar-refractivity contribution >= 4 is 11.8 Å². The topological polar surface area (TPSA) is 88.8 Å². The van der Waals surface area contributed by atoms with Crippen molar-refractivity contribution in [1.29, 1.82) is 5.26 Å². The fourth-order valence-electron chi connectivity index (χ4n) is 4.73. The number of rotatable bonds is 4. The third-order valence-electron chi connectivity index (χ3n) is 6.26. The van der Waals surface area contributed by atoms with E-state index in [2.05, 4.69) is 28.2 Å². The van der Waals surface area contributed by atoms with Crippen molar-refractivity contribution in [2.75, 3.05) is 38.1 Å². The van der Waals surface area contributed by atoms with Crippen molar-refractivity contribution in [3.63, 3.8) is 0 Å². The highest BCUT2D eigenvalue weighted by atomic mass is 16.5. The largest absolute Gasteiger partial charge is 0.489 e. The Balaban J connectivity index is 1.36. The summed E-state index contributed by atoms with van der Waals surface area (Å²) < 4.78 is 6.18. The van der Waals surface area contributed by atoms with Gasteiger partial charge in [0.2, 0.25) is 0 Å². The molecule has 1 aromatic carbocycles. The number of hydrogen-bond donors (Lipinski definition) is 2. The van der Waals surface area contributed by atoms with Crippen LogP contribution in [0.5, 0.6) is 5.75 Å². The minimum absolute atomic E-state index is 0.0821. The lowest BCUT2D eigenvalue weighted by Gasteiger charge is -2.57. The van der Waals surface area contributed by atoms with Crippen LogP contribution in [0.25, 0.3) is 0 Å². The molecule has 2 aliphatic carbocycles. The second kappa shape index (κ2) is 6.93. The van der Waals surface area contributed by atoms with E-state index in [9.17, 15) is 10.1 Å². The van der Waals surface area contributed by atoms with Gasteiger partial charge in [0, 0.05) is 44.0 Å². The van der Waals surface area contributed by atoms with E-state index in [0.717, 1.165) is 57.5 Å². The lowest BCUT2D eigenvalue weighted by Crippen LogP contribution is -2.58. The Hall–Kier alpha value is -2.46. The molecular formula is C20H26N4O3. The molecule has 7 nitrogen and oxygen atoms in total. The minimum atomic E-state index is -0.943. The van der Waals surface area contributed by atoms with Gasteiger partial charge in [-0.05, 0) is 50.3 Å². The molecule has 2 N–H and O–H groups in total. The fourth-order valence-corrected chi connectivity index (χ4v) is 4.73. The van der Waals surface area contributed by atoms with Crippen molar-refractivity contribution in [3.8, 4) is 11.8 Å². The normalized spacial score (nSPS) is 30.1. The molecule has 3 aliphatic rings. The summed E-state index contributed by atoms with van der Waals surface area (Å²) in [7, 11) is 2.13. The molecule has 0 atom stereocenters. The number of nitriles is 1. The highest BCUT2D eigenvalue weighted by Gasteiger charge is 2.54. The number of piperazine rings is 1. The van der Waals surface area contributed by atoms with Gasteiger partial charge in [0.15, 0.2) is 0 Å². The molecule has 144 valence electrons. The van der Waals surface area contributed by atoms with Crippen LogP contribution < -0.4 is 15.0 Å². The molecule has 1 aromatic rings. The fraction of sp³-hybridized carbons (Fsp3) is 0.600. The van der Waals surface area contributed by atoms with Crippen molar-refractivity contribution in [3.05, 3.63) is 23.8 Å². The molecular weight excluding hydrogens is 344 g/mol. The van der Waals surface area contributed by atoms with Crippen LogP contribution in [0.3, 0.4) is 0 Å². The first kappa shape index (κ1) is 17.9. The molecule has 0 bridgehead atoms. The second-order valence-electron chi connectivity index (χ2n) is 8.29. The Morgan fingerprint density at radius 1 is 1.26 bits per heavy atom. The van der Waals surface area contributed by atoms with Crippen LogP contribution in [0.4, 0.5) is 10.5 Å². The number of anilines is 1. The first-order valence-electron chi connectivity index (χ1n) is 9.60. The number of carboxylic acid groups (broad SMARTS) is 1. The maximum absolute atomic E-state index is 10.7. The molecule has 3 fully saturated rings. The summed E-state index contributed by atoms with van der Waals surface area (Å²) in [6.45, 7) is 4.03. The summed E-state index contributed by atoms with van der Waals surface area (Å²) >= 11 is 0. The summed E-state index contributed by atoms with van der Waals surface area (Å²) in [6, 6.07) is 8.18. The molecule has 4 rings (SSSR count). The van der Waals surface area contributed by atoms with E-state index in [-0.39, 0.29) is 17.6 Å². The number of likely N-dealkylation sites (N-methyl/N-ethyl adjacent to an activating group) is 1. The number of nitrogens with zero attached hydrogens (tertiary/aromatic N) is 3. The second-order valence-corrected chi connectivity index (χ2v) is 8.29. The molecule has 0 unspecified atom stereocenters. The molecule has 1 amide bonds. The van der Waals surface area contributed by atoms with E-state index >= 15 is 0 Å². The Morgan fingerprint density at radius 3 is 2.59 bits per heavy atom. The average molecular weight is 370 g/mol. The first-order valence-corrected chi connectivity index (χ1v) is 9.60. The first-order chi connectivity index (χ1) is 13.0. The summed E-state index contributed by atoms with van der Waals surface area (Å²) in [4.78, 5) is 15.4. The quantitative estimate of drug-likeness (QED) is 0.845. The maximum atomic E-state index is 10.7. The average Bonchev–Trinajstić information content (AvgIpc) is 2.58. The van der Waals surface area contributed by atoms with Gasteiger partial charge in [-0.25, -0.2) is 4.79 Å². The van der Waals surface area contributed by atoms with E-state index in [4.69, 9.17) is 9.84 Å². The molecule has 27 heavy (non-hydrogen) atoms. The molecule has 7 heteroatoms. The number of nitrogens with one attached hydrogen (secondary N) is 1. The Kier molecular flexibility index (Phi) is 4.60. The van der Waals surface area contributed by atoms with E-state index in [1.807, 2.05) is 18.2 Å². The van der Waals surface area contributed by atoms with Crippen LogP contribution >= 0.6 is 0 Å². The van der Waals surface area contributed by atoms with Gasteiger partial charge in [-0.3, -0.25) is 0 Å². The zero-order valence-corrected chi connectivity index (χ0v) is 15.6. The van der Waals surface area contributed by atoms with Gasteiger partial charge in [-0.1, -0.05) is 0 Å². The summed E-state index contributed by atoms with van der Waals surface area (Å²) in [5.41, 5.74) is 1.92. The molecule has 2 saturated carbocycles. The monoisotopic (exact) mass is 370 g/mol. The van der Waals surface area contributed by atoms with Crippen molar-refractivity contribution in [2.24, 2.45) is 5.41 Å². The summed E-state index contributed by atoms with van der Waals surface area (Å²) in [6.07, 6.45) is 2.84. The SMILES string of the molecule is CN1CCN(c2ccc(C#N)c(OC3CC4(CC(NC(=O)O)C4)C3)c2)CC1. The lowest BCUT2D eigenvalue weighted by atomic mass is 9.53. The van der Waals surface area contributed by atoms with Gasteiger partial charge < -0.3 is 25.0 Å². The third-order valence-corrected chi connectivity index (χ3v) is 6.26. The number of carbonyl (C=O) groups is 1. The minimum Gasteiger partial charge on any atom is -0.489 e. The zero-order chi connectivity index (χ0) is 19.0. The number of ether oxygens (including phenoxy) is 1. The van der Waals surface area contributed by atoms with Gasteiger partial charge in [0.25, 0.3) is 0 Å². The van der Waals surface area contributed by atoms with E-state index in [1.54, 1.807) is 0 Å². The molecule has 0 aromatic heterocycles. The number of benzene rings is 1. The number of amides is 1. The van der Waals surface area contributed by atoms with Crippen LogP contribution in [0, 0.1) is 16.7 Å². The van der Waals surface area contributed by atoms with Crippen LogP contribution in [0.1, 0.15) is 31.2 Å². The predicted molar refractivity (Wildman–Crippen MR) is 101 cm³/mol. The number of hydrogen-bond acceptors (Lipinski definition) is 5. The van der Waals surface area contributed by atoms with Crippen molar-refractivity contribution in [1.82, 2.24) is 10.2 Å². The maximum Gasteiger partial charge on any atom is 0.404 e. The molecule has 1 saturated heterocycles. The highest BCUT2D eigenvalue weighted by Crippen LogP contribution is 2.56. The Morgan fingerprint density at radius 2 is 1.96 bits per heavy atom. The zero-order valence-electron chi connectivity index (χ0n) is 15.6. The lowest BCUT2D eigenvalue weighted by molar-refractivity contribution is -0.0837. The van der Waals surface area contributed by atoms with Gasteiger partial charge >= 0.3 is 6.09 Å². The Labute approximate surface area is 159 Å². The van der Waals surface area contributed by atoms with Crippen LogP contribution in [0.2, 0.25) is 0 Å². The van der Waals surface area contributed by atoms with Crippen LogP contribution in [-0.4, -0.2) is 61.5 Å². The van der Waals surface area contributed by atoms with Crippen LogP contribution in [0.15, 0.2) is 18.2 Å². The Bertz CT molecular complexity index is 753. The molecule has 0 radical (unpaired) electrons. The third kappa shape index (κ3) is 3.67.